The molecular formula is C40H32Cl2FN3O7. The highest BCUT2D eigenvalue weighted by molar-refractivity contribution is 6.31. The summed E-state index contributed by atoms with van der Waals surface area (Å²) >= 11 is 12.5. The first kappa shape index (κ1) is 34.7. The van der Waals surface area contributed by atoms with Crippen LogP contribution in [0.1, 0.15) is 29.9 Å². The van der Waals surface area contributed by atoms with Crippen LogP contribution in [-0.2, 0) is 24.6 Å². The number of phenols is 1. The smallest absolute Gasteiger partial charge is 0.260 e. The van der Waals surface area contributed by atoms with E-state index in [1.807, 2.05) is 6.08 Å². The average Bonchev–Trinajstić information content (AvgIpc) is 3.53. The van der Waals surface area contributed by atoms with Gasteiger partial charge in [-0.05, 0) is 85.0 Å². The maximum Gasteiger partial charge on any atom is 0.260 e. The van der Waals surface area contributed by atoms with Gasteiger partial charge in [0, 0.05) is 33.7 Å². The van der Waals surface area contributed by atoms with Gasteiger partial charge < -0.3 is 14.6 Å². The third-order valence-corrected chi connectivity index (χ3v) is 11.7. The lowest BCUT2D eigenvalue weighted by Crippen LogP contribution is -2.53. The van der Waals surface area contributed by atoms with Crippen molar-refractivity contribution in [2.75, 3.05) is 24.5 Å². The molecule has 6 unspecified atom stereocenters. The average molecular weight is 757 g/mol. The highest BCUT2D eigenvalue weighted by atomic mass is 35.5. The predicted molar refractivity (Wildman–Crippen MR) is 194 cm³/mol. The van der Waals surface area contributed by atoms with E-state index >= 15 is 4.79 Å². The van der Waals surface area contributed by atoms with Crippen molar-refractivity contribution in [1.82, 2.24) is 5.01 Å². The molecule has 4 aromatic rings. The number of aromatic hydroxyl groups is 1. The molecular weight excluding hydrogens is 724 g/mol. The quantitative estimate of drug-likeness (QED) is 0.152. The fraction of sp³-hybridized carbons (Fsp3) is 0.250. The number of carbonyl (C=O) groups is 4. The number of amides is 4. The largest absolute Gasteiger partial charge is 0.507 e. The van der Waals surface area contributed by atoms with Gasteiger partial charge in [0.15, 0.2) is 0 Å². The number of hydrogen-bond acceptors (Lipinski definition) is 8. The molecule has 8 rings (SSSR count). The number of nitrogens with one attached hydrogen (secondary N) is 1. The van der Waals surface area contributed by atoms with Gasteiger partial charge >= 0.3 is 0 Å². The predicted octanol–water partition coefficient (Wildman–Crippen LogP) is 7.04. The molecule has 270 valence electrons. The molecule has 53 heavy (non-hydrogen) atoms. The van der Waals surface area contributed by atoms with Crippen LogP contribution in [-0.4, -0.2) is 48.0 Å². The van der Waals surface area contributed by atoms with Crippen LogP contribution in [0.25, 0.3) is 0 Å². The Morgan fingerprint density at radius 2 is 1.49 bits per heavy atom. The van der Waals surface area contributed by atoms with E-state index in [4.69, 9.17) is 32.7 Å². The minimum Gasteiger partial charge on any atom is -0.507 e. The molecule has 4 aromatic carbocycles. The van der Waals surface area contributed by atoms with Gasteiger partial charge in [0.1, 0.15) is 23.1 Å². The number of allylic oxidation sites excluding steroid dienone is 2. The van der Waals surface area contributed by atoms with E-state index in [0.717, 1.165) is 5.01 Å². The first-order valence-corrected chi connectivity index (χ1v) is 17.7. The van der Waals surface area contributed by atoms with Crippen LogP contribution in [0.4, 0.5) is 15.8 Å². The van der Waals surface area contributed by atoms with Crippen molar-refractivity contribution in [3.63, 3.8) is 0 Å². The molecule has 6 atom stereocenters. The molecule has 3 fully saturated rings. The van der Waals surface area contributed by atoms with Gasteiger partial charge in [-0.15, -0.1) is 0 Å². The summed E-state index contributed by atoms with van der Waals surface area (Å²) in [4.78, 5) is 59.9. The number of ether oxygens (including phenoxy) is 2. The molecule has 0 spiro atoms. The van der Waals surface area contributed by atoms with Crippen molar-refractivity contribution in [3.05, 3.63) is 124 Å². The van der Waals surface area contributed by atoms with E-state index in [0.29, 0.717) is 26.9 Å². The number of halogens is 3. The highest BCUT2D eigenvalue weighted by Crippen LogP contribution is 2.66. The van der Waals surface area contributed by atoms with Crippen molar-refractivity contribution >= 4 is 58.2 Å². The summed E-state index contributed by atoms with van der Waals surface area (Å²) in [5.74, 6) is -6.85. The SMILES string of the molecule is COc1cc(O)c(C2C3=CCC4C(=O)N(c5ccc(Cl)cc5)C(=O)C4C3CC3C(=O)N(Nc4ccc(F)cc4)C(=O)C32c2ccc(Cl)cc2)c(OC)c1. The summed E-state index contributed by atoms with van der Waals surface area (Å²) in [5.41, 5.74) is 3.11. The van der Waals surface area contributed by atoms with Gasteiger partial charge in [-0.1, -0.05) is 47.0 Å². The fourth-order valence-corrected chi connectivity index (χ4v) is 9.23. The lowest BCUT2D eigenvalue weighted by molar-refractivity contribution is -0.138. The molecule has 0 aromatic heterocycles. The summed E-state index contributed by atoms with van der Waals surface area (Å²) in [6.45, 7) is 0. The van der Waals surface area contributed by atoms with Gasteiger partial charge in [0.2, 0.25) is 11.8 Å². The second-order valence-corrected chi connectivity index (χ2v) is 14.5. The van der Waals surface area contributed by atoms with Crippen LogP contribution in [0.15, 0.2) is 96.6 Å². The molecule has 1 saturated carbocycles. The molecule has 2 aliphatic heterocycles. The number of hydrogen-bond donors (Lipinski definition) is 2. The number of imide groups is 2. The molecule has 4 amide bonds. The Bertz CT molecular complexity index is 2210. The van der Waals surface area contributed by atoms with Crippen LogP contribution in [0.5, 0.6) is 17.2 Å². The van der Waals surface area contributed by atoms with E-state index in [-0.39, 0.29) is 47.2 Å². The Balaban J connectivity index is 1.36. The summed E-state index contributed by atoms with van der Waals surface area (Å²) in [6.07, 6.45) is 2.06. The van der Waals surface area contributed by atoms with Crippen LogP contribution in [0.3, 0.4) is 0 Å². The molecule has 2 heterocycles. The Hall–Kier alpha value is -5.39. The fourth-order valence-electron chi connectivity index (χ4n) is 8.98. The van der Waals surface area contributed by atoms with Crippen molar-refractivity contribution in [3.8, 4) is 17.2 Å². The summed E-state index contributed by atoms with van der Waals surface area (Å²) < 4.78 is 25.2. The maximum atomic E-state index is 15.4. The minimum atomic E-state index is -1.72. The first-order chi connectivity index (χ1) is 25.5. The standard InChI is InChI=1S/C40H32Cl2FN3O7/c1-52-26-17-31(47)34(32(18-26)53-2)35-27-15-16-28-33(38(50)45(36(28)48)25-13-7-22(42)8-14-25)29(27)19-30-37(49)46(44-24-11-9-23(43)10-12-24)39(51)40(30,35)20-3-5-21(41)6-4-20/h3-15,17-18,28-30,33,35,44,47H,16,19H2,1-2H3. The van der Waals surface area contributed by atoms with E-state index < -0.39 is 58.5 Å². The van der Waals surface area contributed by atoms with Crippen molar-refractivity contribution in [2.24, 2.45) is 23.7 Å². The molecule has 4 aliphatic rings. The number of nitrogens with zero attached hydrogens (tertiary/aromatic N) is 2. The van der Waals surface area contributed by atoms with Crippen LogP contribution in [0.2, 0.25) is 10.0 Å². The number of phenolic OH excluding ortho intramolecular Hbond substituents is 1. The van der Waals surface area contributed by atoms with E-state index in [9.17, 15) is 23.9 Å². The third-order valence-electron chi connectivity index (χ3n) is 11.2. The zero-order chi connectivity index (χ0) is 37.3. The number of fused-ring (bicyclic) bond motifs is 4. The van der Waals surface area contributed by atoms with Gasteiger partial charge in [-0.3, -0.25) is 29.5 Å². The number of anilines is 2. The summed E-state index contributed by atoms with van der Waals surface area (Å²) in [5, 5.41) is 13.6. The Morgan fingerprint density at radius 1 is 0.830 bits per heavy atom. The molecule has 13 heteroatoms. The Kier molecular flexibility index (Phi) is 8.46. The minimum absolute atomic E-state index is 0.0189. The van der Waals surface area contributed by atoms with Crippen molar-refractivity contribution in [2.45, 2.75) is 24.2 Å². The lowest BCUT2D eigenvalue weighted by atomic mass is 9.49. The number of rotatable bonds is 7. The monoisotopic (exact) mass is 755 g/mol. The van der Waals surface area contributed by atoms with Crippen LogP contribution >= 0.6 is 23.2 Å². The number of hydrazine groups is 1. The molecule has 0 radical (unpaired) electrons. The zero-order valence-corrected chi connectivity index (χ0v) is 29.9. The van der Waals surface area contributed by atoms with Gasteiger partial charge in [-0.25, -0.2) is 4.39 Å². The van der Waals surface area contributed by atoms with E-state index in [2.05, 4.69) is 5.43 Å². The highest BCUT2D eigenvalue weighted by Gasteiger charge is 2.71. The second-order valence-electron chi connectivity index (χ2n) is 13.6. The second kappa shape index (κ2) is 12.9. The zero-order valence-electron chi connectivity index (χ0n) is 28.4. The van der Waals surface area contributed by atoms with E-state index in [1.54, 1.807) is 54.6 Å². The Morgan fingerprint density at radius 3 is 2.13 bits per heavy atom. The van der Waals surface area contributed by atoms with Crippen molar-refractivity contribution < 1.29 is 38.1 Å². The van der Waals surface area contributed by atoms with Gasteiger partial charge in [0.05, 0.1) is 48.8 Å². The first-order valence-electron chi connectivity index (χ1n) is 16.9. The molecule has 0 bridgehead atoms. The van der Waals surface area contributed by atoms with Crippen molar-refractivity contribution in [1.29, 1.82) is 0 Å². The normalized spacial score (nSPS) is 26.2. The van der Waals surface area contributed by atoms with E-state index in [1.165, 1.54) is 49.5 Å². The number of benzene rings is 4. The van der Waals surface area contributed by atoms with Gasteiger partial charge in [0.25, 0.3) is 11.8 Å². The topological polar surface area (TPSA) is 125 Å². The van der Waals surface area contributed by atoms with Gasteiger partial charge in [-0.2, -0.15) is 5.01 Å². The molecule has 10 nitrogen and oxygen atoms in total. The maximum absolute atomic E-state index is 15.4. The van der Waals surface area contributed by atoms with Crippen LogP contribution < -0.4 is 19.8 Å². The third kappa shape index (κ3) is 5.20. The van der Waals surface area contributed by atoms with Crippen LogP contribution in [0, 0.1) is 29.5 Å². The number of methoxy groups -OCH3 is 2. The Labute approximate surface area is 313 Å². The summed E-state index contributed by atoms with van der Waals surface area (Å²) in [7, 11) is 2.86. The number of carbonyl (C=O) groups excluding carboxylic acids is 4. The molecule has 2 saturated heterocycles. The molecule has 2 aliphatic carbocycles. The lowest BCUT2D eigenvalue weighted by Gasteiger charge is -2.50. The molecule has 2 N–H and O–H groups in total. The summed E-state index contributed by atoms with van der Waals surface area (Å²) in [6, 6.07) is 21.2.